The van der Waals surface area contributed by atoms with E-state index < -0.39 is 0 Å². The van der Waals surface area contributed by atoms with Gasteiger partial charge in [0, 0.05) is 58.9 Å². The molecule has 0 spiro atoms. The largest absolute Gasteiger partial charge is 0.309 e. The monoisotopic (exact) mass is 688 g/mol. The molecule has 1 aliphatic rings. The van der Waals surface area contributed by atoms with Crippen LogP contribution < -0.4 is 0 Å². The average Bonchev–Trinajstić information content (AvgIpc) is 3.88. The molecule has 0 aliphatic heterocycles. The van der Waals surface area contributed by atoms with Gasteiger partial charge in [0.1, 0.15) is 0 Å². The maximum atomic E-state index is 5.08. The summed E-state index contributed by atoms with van der Waals surface area (Å²) in [4.78, 5) is 16.6. The molecule has 0 fully saturated rings. The van der Waals surface area contributed by atoms with Crippen LogP contribution in [0.5, 0.6) is 0 Å². The Labute approximate surface area is 301 Å². The Hall–Kier alpha value is -5.95. The van der Waals surface area contributed by atoms with E-state index in [4.69, 9.17) is 15.0 Å². The Balaban J connectivity index is 1.23. The highest BCUT2D eigenvalue weighted by Crippen LogP contribution is 2.52. The second-order valence-electron chi connectivity index (χ2n) is 13.1. The topological polar surface area (TPSA) is 43.6 Å². The van der Waals surface area contributed by atoms with Gasteiger partial charge in [-0.05, 0) is 42.7 Å². The van der Waals surface area contributed by atoms with Crippen LogP contribution in [0, 0.1) is 0 Å². The summed E-state index contributed by atoms with van der Waals surface area (Å²) in [6, 6.07) is 46.9. The third-order valence-corrected chi connectivity index (χ3v) is 12.7. The molecule has 240 valence electrons. The summed E-state index contributed by atoms with van der Waals surface area (Å²) in [6.07, 6.45) is 6.89. The number of para-hydroxylation sites is 1. The molecule has 11 rings (SSSR count). The van der Waals surface area contributed by atoms with E-state index in [1.54, 1.807) is 0 Å². The molecular formula is C45H28N4S2. The van der Waals surface area contributed by atoms with Crippen molar-refractivity contribution < 1.29 is 0 Å². The number of thiophene rings is 2. The minimum absolute atomic E-state index is 0.650. The van der Waals surface area contributed by atoms with Crippen LogP contribution in [0.1, 0.15) is 16.9 Å². The first-order chi connectivity index (χ1) is 25.3. The van der Waals surface area contributed by atoms with E-state index in [1.165, 1.54) is 62.5 Å². The van der Waals surface area contributed by atoms with Crippen LogP contribution in [0.15, 0.2) is 140 Å². The number of benzene rings is 6. The lowest BCUT2D eigenvalue weighted by Gasteiger charge is -2.13. The van der Waals surface area contributed by atoms with Gasteiger partial charge in [-0.2, -0.15) is 0 Å². The molecule has 0 amide bonds. The first-order valence-corrected chi connectivity index (χ1v) is 18.9. The SMILES string of the molecule is C1=Cc2c(sc3c4sc5ccccc5c4c4c5ccccc5n(-c5cccc(-c6nc(-c7ccccc7)nc(-c7ccccc7)n6)c5)c4c23)CC1. The average molecular weight is 689 g/mol. The van der Waals surface area contributed by atoms with Crippen molar-refractivity contribution in [1.82, 2.24) is 19.5 Å². The number of rotatable bonds is 4. The van der Waals surface area contributed by atoms with Gasteiger partial charge in [-0.15, -0.1) is 22.7 Å². The van der Waals surface area contributed by atoms with Crippen molar-refractivity contribution in [3.8, 4) is 39.9 Å². The summed E-state index contributed by atoms with van der Waals surface area (Å²) in [5, 5.41) is 6.65. The lowest BCUT2D eigenvalue weighted by molar-refractivity contribution is 1.02. The zero-order valence-corrected chi connectivity index (χ0v) is 29.0. The fraction of sp³-hybridized carbons (Fsp3) is 0.0444. The highest BCUT2D eigenvalue weighted by Gasteiger charge is 2.26. The summed E-state index contributed by atoms with van der Waals surface area (Å²) in [5.74, 6) is 1.97. The van der Waals surface area contributed by atoms with Gasteiger partial charge >= 0.3 is 0 Å². The molecule has 6 aromatic carbocycles. The van der Waals surface area contributed by atoms with Crippen LogP contribution >= 0.6 is 22.7 Å². The van der Waals surface area contributed by atoms with E-state index in [0.717, 1.165) is 35.2 Å². The quantitative estimate of drug-likeness (QED) is 0.185. The number of nitrogens with zero attached hydrogens (tertiary/aromatic N) is 4. The molecule has 4 nitrogen and oxygen atoms in total. The Morgan fingerprint density at radius 3 is 1.92 bits per heavy atom. The fourth-order valence-corrected chi connectivity index (χ4v) is 10.5. The first-order valence-electron chi connectivity index (χ1n) is 17.3. The van der Waals surface area contributed by atoms with Gasteiger partial charge < -0.3 is 4.57 Å². The lowest BCUT2D eigenvalue weighted by atomic mass is 9.98. The minimum Gasteiger partial charge on any atom is -0.309 e. The minimum atomic E-state index is 0.650. The Kier molecular flexibility index (Phi) is 6.38. The van der Waals surface area contributed by atoms with Crippen molar-refractivity contribution in [2.45, 2.75) is 12.8 Å². The first kappa shape index (κ1) is 28.8. The highest BCUT2D eigenvalue weighted by atomic mass is 32.1. The van der Waals surface area contributed by atoms with Gasteiger partial charge in [-0.3, -0.25) is 0 Å². The third kappa shape index (κ3) is 4.40. The lowest BCUT2D eigenvalue weighted by Crippen LogP contribution is -2.01. The number of hydrogen-bond acceptors (Lipinski definition) is 5. The maximum absolute atomic E-state index is 5.08. The third-order valence-electron chi connectivity index (χ3n) is 10.1. The van der Waals surface area contributed by atoms with Gasteiger partial charge in [0.05, 0.1) is 20.4 Å². The summed E-state index contributed by atoms with van der Waals surface area (Å²) < 4.78 is 6.62. The van der Waals surface area contributed by atoms with Gasteiger partial charge in [0.2, 0.25) is 0 Å². The molecule has 0 unspecified atom stereocenters. The van der Waals surface area contributed by atoms with Crippen LogP contribution in [0.25, 0.3) is 98.0 Å². The predicted molar refractivity (Wildman–Crippen MR) is 216 cm³/mol. The molecule has 51 heavy (non-hydrogen) atoms. The molecule has 0 N–H and O–H groups in total. The second-order valence-corrected chi connectivity index (χ2v) is 15.2. The molecule has 0 atom stereocenters. The molecule has 0 saturated carbocycles. The maximum Gasteiger partial charge on any atom is 0.164 e. The van der Waals surface area contributed by atoms with Gasteiger partial charge in [-0.25, -0.2) is 15.0 Å². The predicted octanol–water partition coefficient (Wildman–Crippen LogP) is 12.5. The summed E-state index contributed by atoms with van der Waals surface area (Å²) in [5.41, 5.74) is 7.79. The van der Waals surface area contributed by atoms with E-state index in [-0.39, 0.29) is 0 Å². The number of fused-ring (bicyclic) bond motifs is 12. The number of aryl methyl sites for hydroxylation is 1. The number of hydrogen-bond donors (Lipinski definition) is 0. The Bertz CT molecular complexity index is 2970. The van der Waals surface area contributed by atoms with Crippen LogP contribution in [0.3, 0.4) is 0 Å². The second kappa shape index (κ2) is 11.3. The zero-order valence-electron chi connectivity index (χ0n) is 27.4. The van der Waals surface area contributed by atoms with Gasteiger partial charge in [0.15, 0.2) is 17.5 Å². The van der Waals surface area contributed by atoms with Gasteiger partial charge in [-0.1, -0.05) is 121 Å². The normalized spacial score (nSPS) is 12.9. The summed E-state index contributed by atoms with van der Waals surface area (Å²) in [7, 11) is 0. The molecule has 4 aromatic heterocycles. The number of allylic oxidation sites excluding steroid dienone is 1. The molecule has 10 aromatic rings. The van der Waals surface area contributed by atoms with Crippen molar-refractivity contribution in [2.75, 3.05) is 0 Å². The van der Waals surface area contributed by atoms with Crippen LogP contribution in [0.4, 0.5) is 0 Å². The van der Waals surface area contributed by atoms with Crippen LogP contribution in [-0.4, -0.2) is 19.5 Å². The molecule has 1 aliphatic carbocycles. The summed E-state index contributed by atoms with van der Waals surface area (Å²) in [6.45, 7) is 0. The molecule has 0 saturated heterocycles. The zero-order chi connectivity index (χ0) is 33.5. The van der Waals surface area contributed by atoms with E-state index in [9.17, 15) is 0 Å². The number of aromatic nitrogens is 4. The summed E-state index contributed by atoms with van der Waals surface area (Å²) >= 11 is 3.93. The molecule has 4 heterocycles. The van der Waals surface area contributed by atoms with Crippen molar-refractivity contribution in [3.05, 3.63) is 150 Å². The van der Waals surface area contributed by atoms with Gasteiger partial charge in [0.25, 0.3) is 0 Å². The van der Waals surface area contributed by atoms with Crippen molar-refractivity contribution >= 4 is 80.8 Å². The van der Waals surface area contributed by atoms with E-state index in [0.29, 0.717) is 17.5 Å². The Morgan fingerprint density at radius 2 is 1.16 bits per heavy atom. The molecule has 6 heteroatoms. The Morgan fingerprint density at radius 1 is 0.529 bits per heavy atom. The van der Waals surface area contributed by atoms with Crippen LogP contribution in [-0.2, 0) is 6.42 Å². The van der Waals surface area contributed by atoms with Crippen molar-refractivity contribution in [1.29, 1.82) is 0 Å². The van der Waals surface area contributed by atoms with E-state index in [2.05, 4.69) is 114 Å². The molecule has 0 bridgehead atoms. The van der Waals surface area contributed by atoms with E-state index >= 15 is 0 Å². The fourth-order valence-electron chi connectivity index (χ4n) is 7.84. The molecular weight excluding hydrogens is 661 g/mol. The smallest absolute Gasteiger partial charge is 0.164 e. The van der Waals surface area contributed by atoms with Crippen molar-refractivity contribution in [2.24, 2.45) is 0 Å². The standard InChI is InChI=1S/C45H28N4S2/c1-3-14-27(15-4-1)43-46-44(28-16-5-2-6-17-28)48-45(47-43)29-18-13-19-30(26-29)49-34-23-10-7-20-31(34)37-38-32-21-8-11-24-35(32)50-41(38)42-39(40(37)49)33-22-9-12-25-36(33)51-42/h1-11,13-24,26H,12,25H2. The van der Waals surface area contributed by atoms with Crippen LogP contribution in [0.2, 0.25) is 0 Å². The highest BCUT2D eigenvalue weighted by molar-refractivity contribution is 7.31. The van der Waals surface area contributed by atoms with E-state index in [1.807, 2.05) is 59.1 Å². The molecule has 0 radical (unpaired) electrons. The van der Waals surface area contributed by atoms with Crippen molar-refractivity contribution in [3.63, 3.8) is 0 Å².